The predicted octanol–water partition coefficient (Wildman–Crippen LogP) is 4.50. The third-order valence-corrected chi connectivity index (χ3v) is 6.39. The Labute approximate surface area is 217 Å². The molecule has 4 rings (SSSR count). The lowest BCUT2D eigenvalue weighted by atomic mass is 9.99. The van der Waals surface area contributed by atoms with Crippen molar-refractivity contribution < 1.29 is 9.59 Å². The molecule has 0 spiro atoms. The van der Waals surface area contributed by atoms with Gasteiger partial charge in [0.25, 0.3) is 0 Å². The Morgan fingerprint density at radius 2 is 1.62 bits per heavy atom. The summed E-state index contributed by atoms with van der Waals surface area (Å²) in [5, 5.41) is 11.4. The number of anilines is 2. The molecule has 8 nitrogen and oxygen atoms in total. The minimum absolute atomic E-state index is 0.0135. The van der Waals surface area contributed by atoms with Crippen LogP contribution in [0.5, 0.6) is 0 Å². The zero-order valence-corrected chi connectivity index (χ0v) is 22.0. The first-order chi connectivity index (χ1) is 17.7. The van der Waals surface area contributed by atoms with E-state index in [1.54, 1.807) is 9.58 Å². The molecule has 4 aromatic rings. The molecule has 2 amide bonds. The smallest absolute Gasteiger partial charge is 0.247 e. The Bertz CT molecular complexity index is 1360. The number of benzene rings is 3. The predicted molar refractivity (Wildman–Crippen MR) is 147 cm³/mol. The van der Waals surface area contributed by atoms with E-state index >= 15 is 0 Å². The van der Waals surface area contributed by atoms with Gasteiger partial charge in [0.05, 0.1) is 5.52 Å². The van der Waals surface area contributed by atoms with Gasteiger partial charge in [0.15, 0.2) is 0 Å². The lowest BCUT2D eigenvalue weighted by Crippen LogP contribution is -2.50. The number of nitrogens with one attached hydrogen (secondary N) is 1. The van der Waals surface area contributed by atoms with Crippen molar-refractivity contribution in [1.82, 2.24) is 19.9 Å². The van der Waals surface area contributed by atoms with Crippen LogP contribution in [-0.2, 0) is 22.7 Å². The molecule has 192 valence electrons. The van der Waals surface area contributed by atoms with Crippen LogP contribution in [0.1, 0.15) is 25.0 Å². The Morgan fingerprint density at radius 1 is 0.946 bits per heavy atom. The van der Waals surface area contributed by atoms with E-state index < -0.39 is 6.04 Å². The molecular weight excluding hydrogens is 464 g/mol. The molecule has 0 aliphatic carbocycles. The maximum absolute atomic E-state index is 13.8. The standard InChI is InChI=1S/C29H34N6O2/c1-20(2)28(29(37)30-23-14-16-24(17-15-23)33(4)5)34(18-22-12-10-21(3)11-13-22)27(36)19-35-26-9-7-6-8-25(26)31-32-35/h6-17,20,28H,18-19H2,1-5H3,(H,30,37). The molecule has 3 aromatic carbocycles. The molecular formula is C29H34N6O2. The topological polar surface area (TPSA) is 83.4 Å². The first kappa shape index (κ1) is 25.9. The van der Waals surface area contributed by atoms with Crippen LogP contribution in [0, 0.1) is 12.8 Å². The summed E-state index contributed by atoms with van der Waals surface area (Å²) in [4.78, 5) is 31.1. The van der Waals surface area contributed by atoms with Gasteiger partial charge >= 0.3 is 0 Å². The van der Waals surface area contributed by atoms with Crippen molar-refractivity contribution >= 4 is 34.2 Å². The molecule has 0 saturated carbocycles. The average molecular weight is 499 g/mol. The van der Waals surface area contributed by atoms with Crippen molar-refractivity contribution in [2.45, 2.75) is 39.9 Å². The number of nitrogens with zero attached hydrogens (tertiary/aromatic N) is 5. The van der Waals surface area contributed by atoms with Gasteiger partial charge in [-0.2, -0.15) is 0 Å². The van der Waals surface area contributed by atoms with Gasteiger partial charge in [0.1, 0.15) is 18.1 Å². The number of carbonyl (C=O) groups excluding carboxylic acids is 2. The van der Waals surface area contributed by atoms with E-state index in [2.05, 4.69) is 15.6 Å². The SMILES string of the molecule is Cc1ccc(CN(C(=O)Cn2nnc3ccccc32)C(C(=O)Nc2ccc(N(C)C)cc2)C(C)C)cc1. The Morgan fingerprint density at radius 3 is 2.27 bits per heavy atom. The van der Waals surface area contributed by atoms with E-state index in [0.717, 1.165) is 27.8 Å². The highest BCUT2D eigenvalue weighted by Crippen LogP contribution is 2.21. The number of hydrogen-bond acceptors (Lipinski definition) is 5. The van der Waals surface area contributed by atoms with E-state index in [0.29, 0.717) is 12.2 Å². The molecule has 0 bridgehead atoms. The Balaban J connectivity index is 1.63. The summed E-state index contributed by atoms with van der Waals surface area (Å²) in [7, 11) is 3.94. The highest BCUT2D eigenvalue weighted by atomic mass is 16.2. The second-order valence-electron chi connectivity index (χ2n) is 9.86. The van der Waals surface area contributed by atoms with Crippen molar-refractivity contribution in [2.24, 2.45) is 5.92 Å². The lowest BCUT2D eigenvalue weighted by Gasteiger charge is -2.33. The van der Waals surface area contributed by atoms with Crippen molar-refractivity contribution in [3.63, 3.8) is 0 Å². The summed E-state index contributed by atoms with van der Waals surface area (Å²) in [6.07, 6.45) is 0. The van der Waals surface area contributed by atoms with Gasteiger partial charge in [0.2, 0.25) is 11.8 Å². The van der Waals surface area contributed by atoms with Crippen molar-refractivity contribution in [1.29, 1.82) is 0 Å². The number of fused-ring (bicyclic) bond motifs is 1. The van der Waals surface area contributed by atoms with Crippen molar-refractivity contribution in [2.75, 3.05) is 24.3 Å². The highest BCUT2D eigenvalue weighted by Gasteiger charge is 2.33. The number of para-hydroxylation sites is 1. The van der Waals surface area contributed by atoms with Gasteiger partial charge in [-0.3, -0.25) is 9.59 Å². The first-order valence-electron chi connectivity index (χ1n) is 12.4. The number of amides is 2. The maximum atomic E-state index is 13.8. The van der Waals surface area contributed by atoms with Crippen molar-refractivity contribution in [3.05, 3.63) is 83.9 Å². The number of aromatic nitrogens is 3. The Kier molecular flexibility index (Phi) is 7.86. The highest BCUT2D eigenvalue weighted by molar-refractivity contribution is 5.97. The van der Waals surface area contributed by atoms with Crippen LogP contribution in [0.15, 0.2) is 72.8 Å². The summed E-state index contributed by atoms with van der Waals surface area (Å²) in [5.74, 6) is -0.549. The first-order valence-corrected chi connectivity index (χ1v) is 12.4. The number of aryl methyl sites for hydroxylation is 1. The minimum atomic E-state index is -0.683. The van der Waals surface area contributed by atoms with Gasteiger partial charge in [-0.25, -0.2) is 4.68 Å². The largest absolute Gasteiger partial charge is 0.378 e. The molecule has 1 unspecified atom stereocenters. The van der Waals surface area contributed by atoms with Gasteiger partial charge in [-0.05, 0) is 54.8 Å². The van der Waals surface area contributed by atoms with Gasteiger partial charge in [0, 0.05) is 32.0 Å². The van der Waals surface area contributed by atoms with Gasteiger partial charge in [-0.1, -0.05) is 61.0 Å². The molecule has 1 aromatic heterocycles. The zero-order chi connectivity index (χ0) is 26.5. The molecule has 0 fully saturated rings. The fourth-order valence-electron chi connectivity index (χ4n) is 4.35. The van der Waals surface area contributed by atoms with E-state index in [1.807, 2.05) is 113 Å². The normalized spacial score (nSPS) is 11.9. The van der Waals surface area contributed by atoms with E-state index in [-0.39, 0.29) is 24.3 Å². The minimum Gasteiger partial charge on any atom is -0.378 e. The summed E-state index contributed by atoms with van der Waals surface area (Å²) in [6, 6.07) is 22.5. The molecule has 8 heteroatoms. The summed E-state index contributed by atoms with van der Waals surface area (Å²) >= 11 is 0. The lowest BCUT2D eigenvalue weighted by molar-refractivity contribution is -0.141. The summed E-state index contributed by atoms with van der Waals surface area (Å²) in [5.41, 5.74) is 5.31. The average Bonchev–Trinajstić information content (AvgIpc) is 3.27. The van der Waals surface area contributed by atoms with Crippen LogP contribution in [-0.4, -0.2) is 51.8 Å². The molecule has 1 heterocycles. The van der Waals surface area contributed by atoms with Gasteiger partial charge < -0.3 is 15.1 Å². The third kappa shape index (κ3) is 6.14. The third-order valence-electron chi connectivity index (χ3n) is 6.39. The quantitative estimate of drug-likeness (QED) is 0.367. The summed E-state index contributed by atoms with van der Waals surface area (Å²) in [6.45, 7) is 6.23. The van der Waals surface area contributed by atoms with E-state index in [4.69, 9.17) is 0 Å². The van der Waals surface area contributed by atoms with Crippen LogP contribution < -0.4 is 10.2 Å². The molecule has 1 atom stereocenters. The van der Waals surface area contributed by atoms with Crippen LogP contribution >= 0.6 is 0 Å². The molecule has 0 saturated heterocycles. The number of rotatable bonds is 9. The number of hydrogen-bond donors (Lipinski definition) is 1. The Hall–Kier alpha value is -4.20. The van der Waals surface area contributed by atoms with E-state index in [1.165, 1.54) is 0 Å². The molecule has 0 radical (unpaired) electrons. The van der Waals surface area contributed by atoms with Crippen LogP contribution in [0.3, 0.4) is 0 Å². The second kappa shape index (κ2) is 11.2. The number of carbonyl (C=O) groups is 2. The van der Waals surface area contributed by atoms with Gasteiger partial charge in [-0.15, -0.1) is 5.10 Å². The monoisotopic (exact) mass is 498 g/mol. The maximum Gasteiger partial charge on any atom is 0.247 e. The van der Waals surface area contributed by atoms with Crippen LogP contribution in [0.4, 0.5) is 11.4 Å². The van der Waals surface area contributed by atoms with Crippen LogP contribution in [0.2, 0.25) is 0 Å². The van der Waals surface area contributed by atoms with E-state index in [9.17, 15) is 9.59 Å². The summed E-state index contributed by atoms with van der Waals surface area (Å²) < 4.78 is 1.59. The molecule has 37 heavy (non-hydrogen) atoms. The zero-order valence-electron chi connectivity index (χ0n) is 22.0. The molecule has 0 aliphatic rings. The fraction of sp³-hybridized carbons (Fsp3) is 0.310. The van der Waals surface area contributed by atoms with Crippen molar-refractivity contribution in [3.8, 4) is 0 Å². The second-order valence-corrected chi connectivity index (χ2v) is 9.86. The van der Waals surface area contributed by atoms with Crippen LogP contribution in [0.25, 0.3) is 11.0 Å². The molecule has 0 aliphatic heterocycles. The molecule has 1 N–H and O–H groups in total. The fourth-order valence-corrected chi connectivity index (χ4v) is 4.35.